The van der Waals surface area contributed by atoms with Crippen LogP contribution in [0.4, 0.5) is 4.79 Å². The van der Waals surface area contributed by atoms with Gasteiger partial charge in [-0.2, -0.15) is 0 Å². The smallest absolute Gasteiger partial charge is 0.325 e. The summed E-state index contributed by atoms with van der Waals surface area (Å²) in [4.78, 5) is 26.8. The number of aryl methyl sites for hydroxylation is 4. The molecule has 1 atom stereocenters. The van der Waals surface area contributed by atoms with Crippen molar-refractivity contribution >= 4 is 11.9 Å². The van der Waals surface area contributed by atoms with Crippen molar-refractivity contribution in [2.75, 3.05) is 0 Å². The Morgan fingerprint density at radius 1 is 1.24 bits per heavy atom. The molecule has 1 N–H and O–H groups in total. The lowest BCUT2D eigenvalue weighted by Gasteiger charge is -2.23. The molecule has 4 rings (SSSR count). The van der Waals surface area contributed by atoms with E-state index in [0.717, 1.165) is 30.4 Å². The molecule has 0 saturated carbocycles. The molecule has 1 saturated heterocycles. The van der Waals surface area contributed by atoms with Gasteiger partial charge in [0.15, 0.2) is 0 Å². The Balaban J connectivity index is 1.66. The van der Waals surface area contributed by atoms with Crippen molar-refractivity contribution in [1.82, 2.24) is 15.4 Å². The van der Waals surface area contributed by atoms with Crippen molar-refractivity contribution in [1.29, 1.82) is 0 Å². The summed E-state index contributed by atoms with van der Waals surface area (Å²) in [5, 5.41) is 6.77. The van der Waals surface area contributed by atoms with Crippen LogP contribution in [0.2, 0.25) is 0 Å². The maximum atomic E-state index is 13.1. The number of hydrogen-bond donors (Lipinski definition) is 1. The molecule has 25 heavy (non-hydrogen) atoms. The average molecular weight is 339 g/mol. The van der Waals surface area contributed by atoms with Gasteiger partial charge in [-0.05, 0) is 56.7 Å². The number of nitrogens with one attached hydrogen (secondary N) is 1. The lowest BCUT2D eigenvalue weighted by molar-refractivity contribution is -0.131. The highest BCUT2D eigenvalue weighted by Crippen LogP contribution is 2.33. The van der Waals surface area contributed by atoms with E-state index in [9.17, 15) is 9.59 Å². The zero-order valence-electron chi connectivity index (χ0n) is 14.7. The van der Waals surface area contributed by atoms with Crippen molar-refractivity contribution < 1.29 is 14.1 Å². The van der Waals surface area contributed by atoms with Gasteiger partial charge in [0, 0.05) is 5.56 Å². The summed E-state index contributed by atoms with van der Waals surface area (Å²) < 4.78 is 5.14. The van der Waals surface area contributed by atoms with Crippen LogP contribution in [0.25, 0.3) is 0 Å². The van der Waals surface area contributed by atoms with Crippen LogP contribution in [0.3, 0.4) is 0 Å². The maximum absolute atomic E-state index is 13.1. The first-order valence-electron chi connectivity index (χ1n) is 8.58. The third-order valence-electron chi connectivity index (χ3n) is 5.45. The molecular formula is C19H21N3O3. The van der Waals surface area contributed by atoms with Crippen LogP contribution in [0.5, 0.6) is 0 Å². The molecule has 0 unspecified atom stereocenters. The fourth-order valence-electron chi connectivity index (χ4n) is 3.80. The van der Waals surface area contributed by atoms with E-state index in [0.29, 0.717) is 11.5 Å². The van der Waals surface area contributed by atoms with Crippen molar-refractivity contribution in [3.05, 3.63) is 51.9 Å². The van der Waals surface area contributed by atoms with Crippen LogP contribution in [-0.2, 0) is 29.7 Å². The number of imide groups is 1. The number of amides is 3. The minimum absolute atomic E-state index is 0.173. The zero-order chi connectivity index (χ0) is 17.8. The predicted octanol–water partition coefficient (Wildman–Crippen LogP) is 2.75. The monoisotopic (exact) mass is 339 g/mol. The first kappa shape index (κ1) is 15.9. The van der Waals surface area contributed by atoms with Gasteiger partial charge < -0.3 is 9.84 Å². The molecule has 0 radical (unpaired) electrons. The molecule has 1 aromatic carbocycles. The molecule has 2 aliphatic rings. The van der Waals surface area contributed by atoms with E-state index in [1.807, 2.05) is 13.0 Å². The Morgan fingerprint density at radius 2 is 2.00 bits per heavy atom. The molecular weight excluding hydrogens is 318 g/mol. The Bertz CT molecular complexity index is 867. The van der Waals surface area contributed by atoms with Gasteiger partial charge >= 0.3 is 6.03 Å². The molecule has 2 heterocycles. The second kappa shape index (κ2) is 5.44. The molecule has 6 heteroatoms. The molecule has 0 spiro atoms. The normalized spacial score (nSPS) is 22.4. The second-order valence-electron chi connectivity index (χ2n) is 7.09. The number of rotatable bonds is 3. The van der Waals surface area contributed by atoms with E-state index in [2.05, 4.69) is 22.6 Å². The van der Waals surface area contributed by atoms with E-state index in [1.165, 1.54) is 16.0 Å². The average Bonchev–Trinajstić information content (AvgIpc) is 3.23. The fourth-order valence-corrected chi connectivity index (χ4v) is 3.80. The van der Waals surface area contributed by atoms with Gasteiger partial charge in [-0.3, -0.25) is 9.69 Å². The van der Waals surface area contributed by atoms with E-state index in [4.69, 9.17) is 4.52 Å². The number of nitrogens with zero attached hydrogens (tertiary/aromatic N) is 2. The van der Waals surface area contributed by atoms with Crippen LogP contribution in [0, 0.1) is 13.8 Å². The van der Waals surface area contributed by atoms with Gasteiger partial charge in [0.05, 0.1) is 12.2 Å². The molecule has 1 fully saturated rings. The minimum Gasteiger partial charge on any atom is -0.361 e. The van der Waals surface area contributed by atoms with Crippen LogP contribution in [0.15, 0.2) is 22.7 Å². The SMILES string of the molecule is Cc1noc(C)c1CN1C(=O)N[C@](C)(c2ccc3c(c2)CCC3)C1=O. The Hall–Kier alpha value is -2.63. The third-order valence-corrected chi connectivity index (χ3v) is 5.45. The van der Waals surface area contributed by atoms with E-state index >= 15 is 0 Å². The van der Waals surface area contributed by atoms with Gasteiger partial charge in [-0.25, -0.2) is 4.79 Å². The highest BCUT2D eigenvalue weighted by molar-refractivity contribution is 6.07. The summed E-state index contributed by atoms with van der Waals surface area (Å²) in [5.74, 6) is 0.389. The highest BCUT2D eigenvalue weighted by Gasteiger charge is 2.49. The number of fused-ring (bicyclic) bond motifs is 1. The van der Waals surface area contributed by atoms with Crippen molar-refractivity contribution in [3.8, 4) is 0 Å². The Kier molecular flexibility index (Phi) is 3.45. The number of carbonyl (C=O) groups excluding carboxylic acids is 2. The fraction of sp³-hybridized carbons (Fsp3) is 0.421. The summed E-state index contributed by atoms with van der Waals surface area (Å²) in [6.45, 7) is 5.54. The van der Waals surface area contributed by atoms with Crippen molar-refractivity contribution in [3.63, 3.8) is 0 Å². The molecule has 6 nitrogen and oxygen atoms in total. The number of benzene rings is 1. The number of aromatic nitrogens is 1. The molecule has 1 aliphatic carbocycles. The topological polar surface area (TPSA) is 75.4 Å². The summed E-state index contributed by atoms with van der Waals surface area (Å²) in [6.07, 6.45) is 3.27. The molecule has 1 aliphatic heterocycles. The number of urea groups is 1. The summed E-state index contributed by atoms with van der Waals surface area (Å²) in [5.41, 5.74) is 3.91. The largest absolute Gasteiger partial charge is 0.361 e. The molecule has 3 amide bonds. The van der Waals surface area contributed by atoms with Gasteiger partial charge in [0.1, 0.15) is 11.3 Å². The number of carbonyl (C=O) groups is 2. The Morgan fingerprint density at radius 3 is 2.72 bits per heavy atom. The quantitative estimate of drug-likeness (QED) is 0.873. The van der Waals surface area contributed by atoms with E-state index < -0.39 is 5.54 Å². The lowest BCUT2D eigenvalue weighted by atomic mass is 9.89. The van der Waals surface area contributed by atoms with Crippen LogP contribution in [-0.4, -0.2) is 22.0 Å². The predicted molar refractivity (Wildman–Crippen MR) is 90.9 cm³/mol. The summed E-state index contributed by atoms with van der Waals surface area (Å²) in [7, 11) is 0. The van der Waals surface area contributed by atoms with E-state index in [-0.39, 0.29) is 18.5 Å². The third kappa shape index (κ3) is 2.35. The number of hydrogen-bond acceptors (Lipinski definition) is 4. The molecule has 130 valence electrons. The highest BCUT2D eigenvalue weighted by atomic mass is 16.5. The lowest BCUT2D eigenvalue weighted by Crippen LogP contribution is -2.41. The minimum atomic E-state index is -1.03. The van der Waals surface area contributed by atoms with E-state index in [1.54, 1.807) is 13.8 Å². The standard InChI is InChI=1S/C19H21N3O3/c1-11-16(12(2)25-21-11)10-22-17(23)19(3,20-18(22)24)15-8-7-13-5-4-6-14(13)9-15/h7-9H,4-6,10H2,1-3H3,(H,20,24)/t19-/m1/s1. The zero-order valence-corrected chi connectivity index (χ0v) is 14.7. The first-order valence-corrected chi connectivity index (χ1v) is 8.58. The van der Waals surface area contributed by atoms with Gasteiger partial charge in [-0.1, -0.05) is 23.4 Å². The van der Waals surface area contributed by atoms with Gasteiger partial charge in [0.25, 0.3) is 5.91 Å². The van der Waals surface area contributed by atoms with Crippen molar-refractivity contribution in [2.24, 2.45) is 0 Å². The summed E-state index contributed by atoms with van der Waals surface area (Å²) >= 11 is 0. The second-order valence-corrected chi connectivity index (χ2v) is 7.09. The van der Waals surface area contributed by atoms with Crippen LogP contribution in [0.1, 0.15) is 47.1 Å². The molecule has 1 aromatic heterocycles. The Labute approximate surface area is 146 Å². The van der Waals surface area contributed by atoms with Crippen molar-refractivity contribution in [2.45, 2.75) is 52.1 Å². The van der Waals surface area contributed by atoms with Gasteiger partial charge in [0.2, 0.25) is 0 Å². The van der Waals surface area contributed by atoms with Crippen LogP contribution >= 0.6 is 0 Å². The molecule has 0 bridgehead atoms. The van der Waals surface area contributed by atoms with Gasteiger partial charge in [-0.15, -0.1) is 0 Å². The maximum Gasteiger partial charge on any atom is 0.325 e. The first-order chi connectivity index (χ1) is 11.9. The molecule has 2 aromatic rings. The summed E-state index contributed by atoms with van der Waals surface area (Å²) in [6, 6.07) is 5.73. The van der Waals surface area contributed by atoms with Crippen LogP contribution < -0.4 is 5.32 Å².